The summed E-state index contributed by atoms with van der Waals surface area (Å²) >= 11 is 6.06. The summed E-state index contributed by atoms with van der Waals surface area (Å²) in [6, 6.07) is 6.45. The Hall–Kier alpha value is -2.91. The lowest BCUT2D eigenvalue weighted by Gasteiger charge is -2.31. The Balaban J connectivity index is 1.26. The number of benzene rings is 1. The summed E-state index contributed by atoms with van der Waals surface area (Å²) in [4.78, 5) is 19.7. The number of methoxy groups -OCH3 is 1. The van der Waals surface area contributed by atoms with Gasteiger partial charge in [0.05, 0.1) is 31.9 Å². The van der Waals surface area contributed by atoms with E-state index in [1.165, 1.54) is 7.11 Å². The number of hydrogen-bond donors (Lipinski definition) is 1. The Bertz CT molecular complexity index is 1100. The lowest BCUT2D eigenvalue weighted by molar-refractivity contribution is 0.122. The normalized spacial score (nSPS) is 21.1. The maximum atomic E-state index is 6.50. The second-order valence-corrected chi connectivity index (χ2v) is 8.65. The molecule has 1 aliphatic heterocycles. The van der Waals surface area contributed by atoms with E-state index in [2.05, 4.69) is 42.3 Å². The predicted octanol–water partition coefficient (Wildman–Crippen LogP) is 3.72. The van der Waals surface area contributed by atoms with Crippen molar-refractivity contribution in [3.63, 3.8) is 0 Å². The van der Waals surface area contributed by atoms with Crippen molar-refractivity contribution in [2.75, 3.05) is 43.6 Å². The smallest absolute Gasteiger partial charge is 0.319 e. The molecule has 0 atom stereocenters. The maximum absolute atomic E-state index is 6.50. The lowest BCUT2D eigenvalue weighted by atomic mass is 9.93. The highest BCUT2D eigenvalue weighted by Crippen LogP contribution is 2.33. The monoisotopic (exact) mass is 470 g/mol. The van der Waals surface area contributed by atoms with E-state index >= 15 is 0 Å². The molecule has 0 amide bonds. The molecule has 2 aromatic heterocycles. The molecule has 1 saturated carbocycles. The Morgan fingerprint density at radius 2 is 1.82 bits per heavy atom. The summed E-state index contributed by atoms with van der Waals surface area (Å²) in [5, 5.41) is 3.81. The van der Waals surface area contributed by atoms with Gasteiger partial charge in [0.15, 0.2) is 0 Å². The van der Waals surface area contributed by atoms with Gasteiger partial charge in [-0.25, -0.2) is 4.98 Å². The summed E-state index contributed by atoms with van der Waals surface area (Å²) in [5.74, 6) is 1.47. The molecule has 0 radical (unpaired) electrons. The first-order valence-electron chi connectivity index (χ1n) is 11.3. The molecule has 1 saturated heterocycles. The summed E-state index contributed by atoms with van der Waals surface area (Å²) in [7, 11) is 1.53. The number of halogens is 1. The second kappa shape index (κ2) is 9.93. The number of nitrogens with zero attached hydrogens (tertiary/aromatic N) is 5. The van der Waals surface area contributed by atoms with Gasteiger partial charge in [0.2, 0.25) is 0 Å². The van der Waals surface area contributed by atoms with Crippen LogP contribution < -0.4 is 19.7 Å². The first-order valence-corrected chi connectivity index (χ1v) is 11.6. The summed E-state index contributed by atoms with van der Waals surface area (Å²) in [6.07, 6.45) is 7.33. The Morgan fingerprint density at radius 1 is 1.03 bits per heavy atom. The number of fused-ring (bicyclic) bond motifs is 1. The molecule has 3 aromatic rings. The number of hydrogen-bond acceptors (Lipinski definition) is 9. The van der Waals surface area contributed by atoms with Crippen molar-refractivity contribution in [2.24, 2.45) is 0 Å². The lowest BCUT2D eigenvalue weighted by Crippen LogP contribution is -2.36. The van der Waals surface area contributed by atoms with Gasteiger partial charge in [0.25, 0.3) is 0 Å². The summed E-state index contributed by atoms with van der Waals surface area (Å²) in [6.45, 7) is 3.18. The van der Waals surface area contributed by atoms with Crippen LogP contribution in [-0.4, -0.2) is 65.5 Å². The van der Waals surface area contributed by atoms with E-state index in [-0.39, 0.29) is 18.2 Å². The van der Waals surface area contributed by atoms with Gasteiger partial charge in [0, 0.05) is 49.3 Å². The second-order valence-electron chi connectivity index (χ2n) is 8.27. The number of nitrogens with one attached hydrogen (secondary N) is 1. The highest BCUT2D eigenvalue weighted by Gasteiger charge is 2.24. The van der Waals surface area contributed by atoms with E-state index in [9.17, 15) is 0 Å². The van der Waals surface area contributed by atoms with Crippen molar-refractivity contribution in [1.82, 2.24) is 19.9 Å². The standard InChI is InChI=1S/C23H27ClN6O3/c1-31-23-28-20(24)14-21(29-23)27-15-2-4-17(5-3-15)33-19-13-16(30-8-10-32-11-9-30)12-18-22(19)26-7-6-25-18/h6-7,12-15,17H,2-5,8-11H2,1H3,(H,27,28,29)/t15-,17+. The molecule has 1 N–H and O–H groups in total. The van der Waals surface area contributed by atoms with Gasteiger partial charge in [-0.2, -0.15) is 9.97 Å². The molecule has 0 unspecified atom stereocenters. The molecule has 174 valence electrons. The van der Waals surface area contributed by atoms with Gasteiger partial charge < -0.3 is 24.4 Å². The molecule has 5 rings (SSSR count). The van der Waals surface area contributed by atoms with Gasteiger partial charge in [-0.05, 0) is 31.7 Å². The highest BCUT2D eigenvalue weighted by molar-refractivity contribution is 6.29. The number of anilines is 2. The zero-order valence-corrected chi connectivity index (χ0v) is 19.3. The van der Waals surface area contributed by atoms with Crippen molar-refractivity contribution in [3.05, 3.63) is 35.7 Å². The third-order valence-electron chi connectivity index (χ3n) is 6.08. The summed E-state index contributed by atoms with van der Waals surface area (Å²) < 4.78 is 17.1. The average molecular weight is 471 g/mol. The number of morpholine rings is 1. The van der Waals surface area contributed by atoms with Crippen molar-refractivity contribution in [3.8, 4) is 11.8 Å². The topological polar surface area (TPSA) is 94.5 Å². The quantitative estimate of drug-likeness (QED) is 0.540. The molecule has 1 aliphatic carbocycles. The SMILES string of the molecule is COc1nc(Cl)cc(N[C@H]2CC[C@@H](Oc3cc(N4CCOCC4)cc4nccnc34)CC2)n1. The van der Waals surface area contributed by atoms with Crippen LogP contribution in [0.15, 0.2) is 30.6 Å². The van der Waals surface area contributed by atoms with E-state index in [0.717, 1.165) is 74.5 Å². The van der Waals surface area contributed by atoms with Gasteiger partial charge in [-0.1, -0.05) is 11.6 Å². The fraction of sp³-hybridized carbons (Fsp3) is 0.478. The third kappa shape index (κ3) is 5.20. The molecule has 2 aliphatic rings. The van der Waals surface area contributed by atoms with Crippen LogP contribution in [0.1, 0.15) is 25.7 Å². The van der Waals surface area contributed by atoms with Crippen LogP contribution in [0.5, 0.6) is 11.8 Å². The van der Waals surface area contributed by atoms with Gasteiger partial charge in [0.1, 0.15) is 22.2 Å². The van der Waals surface area contributed by atoms with Crippen LogP contribution in [0.25, 0.3) is 11.0 Å². The molecule has 33 heavy (non-hydrogen) atoms. The largest absolute Gasteiger partial charge is 0.488 e. The fourth-order valence-corrected chi connectivity index (χ4v) is 4.57. The Morgan fingerprint density at radius 3 is 2.61 bits per heavy atom. The van der Waals surface area contributed by atoms with E-state index < -0.39 is 0 Å². The maximum Gasteiger partial charge on any atom is 0.319 e. The molecule has 3 heterocycles. The van der Waals surface area contributed by atoms with E-state index in [1.54, 1.807) is 18.5 Å². The van der Waals surface area contributed by atoms with Gasteiger partial charge in [-0.3, -0.25) is 4.98 Å². The minimum Gasteiger partial charge on any atom is -0.488 e. The predicted molar refractivity (Wildman–Crippen MR) is 126 cm³/mol. The molecule has 0 bridgehead atoms. The van der Waals surface area contributed by atoms with Crippen molar-refractivity contribution in [1.29, 1.82) is 0 Å². The Labute approximate surface area is 197 Å². The molecular weight excluding hydrogens is 444 g/mol. The summed E-state index contributed by atoms with van der Waals surface area (Å²) in [5.41, 5.74) is 2.75. The van der Waals surface area contributed by atoms with E-state index in [4.69, 9.17) is 25.8 Å². The van der Waals surface area contributed by atoms with Crippen LogP contribution in [0.2, 0.25) is 5.15 Å². The van der Waals surface area contributed by atoms with Crippen LogP contribution >= 0.6 is 11.6 Å². The molecule has 0 spiro atoms. The van der Waals surface area contributed by atoms with E-state index in [1.807, 2.05) is 0 Å². The number of rotatable bonds is 6. The average Bonchev–Trinajstić information content (AvgIpc) is 2.85. The van der Waals surface area contributed by atoms with Crippen molar-refractivity contribution < 1.29 is 14.2 Å². The minimum atomic E-state index is 0.122. The fourth-order valence-electron chi connectivity index (χ4n) is 4.40. The first-order chi connectivity index (χ1) is 16.2. The molecule has 10 heteroatoms. The molecule has 2 fully saturated rings. The molecule has 1 aromatic carbocycles. The zero-order valence-electron chi connectivity index (χ0n) is 18.5. The van der Waals surface area contributed by atoms with Crippen LogP contribution in [0.3, 0.4) is 0 Å². The van der Waals surface area contributed by atoms with Crippen molar-refractivity contribution in [2.45, 2.75) is 37.8 Å². The zero-order chi connectivity index (χ0) is 22.6. The first kappa shape index (κ1) is 21.9. The molecular formula is C23H27ClN6O3. The number of aromatic nitrogens is 4. The Kier molecular flexibility index (Phi) is 6.59. The molecule has 9 nitrogen and oxygen atoms in total. The van der Waals surface area contributed by atoms with Gasteiger partial charge in [-0.15, -0.1) is 0 Å². The van der Waals surface area contributed by atoms with Crippen LogP contribution in [0, 0.1) is 0 Å². The van der Waals surface area contributed by atoms with Crippen molar-refractivity contribution >= 4 is 34.1 Å². The highest BCUT2D eigenvalue weighted by atomic mass is 35.5. The number of ether oxygens (including phenoxy) is 3. The van der Waals surface area contributed by atoms with Crippen LogP contribution in [-0.2, 0) is 4.74 Å². The van der Waals surface area contributed by atoms with E-state index in [0.29, 0.717) is 11.0 Å². The minimum absolute atomic E-state index is 0.122. The third-order valence-corrected chi connectivity index (χ3v) is 6.27. The van der Waals surface area contributed by atoms with Gasteiger partial charge >= 0.3 is 6.01 Å². The van der Waals surface area contributed by atoms with Crippen LogP contribution in [0.4, 0.5) is 11.5 Å².